The van der Waals surface area contributed by atoms with Gasteiger partial charge in [-0.15, -0.1) is 0 Å². The largest absolute Gasteiger partial charge is 0.293 e. The highest BCUT2D eigenvalue weighted by Crippen LogP contribution is 2.48. The molecule has 0 unspecified atom stereocenters. The summed E-state index contributed by atoms with van der Waals surface area (Å²) in [7, 11) is 0. The predicted octanol–water partition coefficient (Wildman–Crippen LogP) is 4.02. The maximum absolute atomic E-state index is 13.5. The Labute approximate surface area is 152 Å². The number of amides is 1. The number of para-hydroxylation sites is 1. The van der Waals surface area contributed by atoms with Gasteiger partial charge in [0, 0.05) is 5.92 Å². The third-order valence-electron chi connectivity index (χ3n) is 5.38. The number of allylic oxidation sites excluding steroid dienone is 2. The molecule has 1 aliphatic carbocycles. The minimum atomic E-state index is -1.25. The standard InChI is InChI=1S/C22H20N2O2/c1-15-11-13-17(14-12-15)19-9-6-10-20(25)22(19)16(2)23-24(21(22)26)18-7-4-3-5-8-18/h3-8,10-14,19H,9H2,1-2H3/t19-,22+/m0/s1. The molecule has 0 radical (unpaired) electrons. The number of hydrogen-bond acceptors (Lipinski definition) is 3. The number of carbonyl (C=O) groups is 2. The fourth-order valence-electron chi connectivity index (χ4n) is 4.00. The second kappa shape index (κ2) is 6.06. The van der Waals surface area contributed by atoms with Gasteiger partial charge in [0.05, 0.1) is 11.4 Å². The zero-order valence-electron chi connectivity index (χ0n) is 14.8. The molecule has 4 rings (SSSR count). The second-order valence-electron chi connectivity index (χ2n) is 6.91. The number of anilines is 1. The van der Waals surface area contributed by atoms with Crippen molar-refractivity contribution in [1.82, 2.24) is 0 Å². The Morgan fingerprint density at radius 2 is 1.69 bits per heavy atom. The summed E-state index contributed by atoms with van der Waals surface area (Å²) >= 11 is 0. The molecule has 0 bridgehead atoms. The lowest BCUT2D eigenvalue weighted by molar-refractivity contribution is -0.134. The van der Waals surface area contributed by atoms with Crippen LogP contribution in [-0.4, -0.2) is 17.4 Å². The SMILES string of the molecule is CC1=NN(c2ccccc2)C(=O)[C@]12C(=O)C=CC[C@H]2c1ccc(C)cc1. The first-order chi connectivity index (χ1) is 12.5. The number of carbonyl (C=O) groups excluding carboxylic acids is 2. The lowest BCUT2D eigenvalue weighted by atomic mass is 9.62. The Hall–Kier alpha value is -3.01. The van der Waals surface area contributed by atoms with Gasteiger partial charge < -0.3 is 0 Å². The summed E-state index contributed by atoms with van der Waals surface area (Å²) in [5, 5.41) is 5.89. The monoisotopic (exact) mass is 344 g/mol. The van der Waals surface area contributed by atoms with Crippen molar-refractivity contribution in [3.05, 3.63) is 77.9 Å². The van der Waals surface area contributed by atoms with E-state index in [1.54, 1.807) is 6.92 Å². The minimum Gasteiger partial charge on any atom is -0.293 e. The van der Waals surface area contributed by atoms with Crippen LogP contribution in [-0.2, 0) is 9.59 Å². The minimum absolute atomic E-state index is 0.181. The number of ketones is 1. The number of benzene rings is 2. The zero-order chi connectivity index (χ0) is 18.3. The van der Waals surface area contributed by atoms with Crippen molar-refractivity contribution < 1.29 is 9.59 Å². The van der Waals surface area contributed by atoms with E-state index in [4.69, 9.17) is 0 Å². The smallest absolute Gasteiger partial charge is 0.267 e. The van der Waals surface area contributed by atoms with Gasteiger partial charge in [-0.2, -0.15) is 10.1 Å². The molecule has 1 spiro atoms. The Balaban J connectivity index is 1.85. The maximum Gasteiger partial charge on any atom is 0.267 e. The highest BCUT2D eigenvalue weighted by atomic mass is 16.2. The summed E-state index contributed by atoms with van der Waals surface area (Å²) in [6.07, 6.45) is 4.04. The summed E-state index contributed by atoms with van der Waals surface area (Å²) < 4.78 is 0. The third kappa shape index (κ3) is 2.25. The van der Waals surface area contributed by atoms with E-state index < -0.39 is 5.41 Å². The van der Waals surface area contributed by atoms with Gasteiger partial charge in [0.1, 0.15) is 0 Å². The van der Waals surface area contributed by atoms with Crippen LogP contribution in [0.1, 0.15) is 30.4 Å². The molecule has 0 saturated heterocycles. The molecule has 2 aliphatic rings. The van der Waals surface area contributed by atoms with Gasteiger partial charge in [0.15, 0.2) is 11.2 Å². The normalized spacial score (nSPS) is 25.1. The van der Waals surface area contributed by atoms with E-state index in [0.29, 0.717) is 17.8 Å². The van der Waals surface area contributed by atoms with E-state index in [-0.39, 0.29) is 17.6 Å². The van der Waals surface area contributed by atoms with Crippen molar-refractivity contribution in [2.24, 2.45) is 10.5 Å². The first-order valence-electron chi connectivity index (χ1n) is 8.78. The van der Waals surface area contributed by atoms with Crippen molar-refractivity contribution in [2.75, 3.05) is 5.01 Å². The molecule has 0 N–H and O–H groups in total. The van der Waals surface area contributed by atoms with E-state index in [9.17, 15) is 9.59 Å². The Morgan fingerprint density at radius 1 is 1.00 bits per heavy atom. The molecular formula is C22H20N2O2. The van der Waals surface area contributed by atoms with E-state index in [2.05, 4.69) is 5.10 Å². The quantitative estimate of drug-likeness (QED) is 0.773. The Bertz CT molecular complexity index is 928. The van der Waals surface area contributed by atoms with Gasteiger partial charge in [-0.3, -0.25) is 9.59 Å². The van der Waals surface area contributed by atoms with Crippen molar-refractivity contribution in [3.63, 3.8) is 0 Å². The molecule has 130 valence electrons. The summed E-state index contributed by atoms with van der Waals surface area (Å²) in [4.78, 5) is 26.6. The Kier molecular flexibility index (Phi) is 3.83. The fourth-order valence-corrected chi connectivity index (χ4v) is 4.00. The van der Waals surface area contributed by atoms with Crippen LogP contribution in [0.5, 0.6) is 0 Å². The lowest BCUT2D eigenvalue weighted by Gasteiger charge is -2.36. The molecule has 2 aromatic carbocycles. The summed E-state index contributed by atoms with van der Waals surface area (Å²) in [6.45, 7) is 3.81. The van der Waals surface area contributed by atoms with Crippen LogP contribution in [0, 0.1) is 12.3 Å². The molecule has 0 fully saturated rings. The van der Waals surface area contributed by atoms with E-state index >= 15 is 0 Å². The number of hydrazone groups is 1. The topological polar surface area (TPSA) is 49.7 Å². The zero-order valence-corrected chi connectivity index (χ0v) is 14.8. The molecule has 4 heteroatoms. The predicted molar refractivity (Wildman–Crippen MR) is 102 cm³/mol. The van der Waals surface area contributed by atoms with Crippen LogP contribution in [0.3, 0.4) is 0 Å². The van der Waals surface area contributed by atoms with Crippen LogP contribution in [0.2, 0.25) is 0 Å². The van der Waals surface area contributed by atoms with Crippen molar-refractivity contribution in [2.45, 2.75) is 26.2 Å². The highest BCUT2D eigenvalue weighted by Gasteiger charge is 2.60. The summed E-state index contributed by atoms with van der Waals surface area (Å²) in [5.41, 5.74) is 2.13. The number of rotatable bonds is 2. The molecular weight excluding hydrogens is 324 g/mol. The van der Waals surface area contributed by atoms with E-state index in [1.807, 2.05) is 67.6 Å². The van der Waals surface area contributed by atoms with Gasteiger partial charge >= 0.3 is 0 Å². The van der Waals surface area contributed by atoms with E-state index in [0.717, 1.165) is 11.1 Å². The van der Waals surface area contributed by atoms with E-state index in [1.165, 1.54) is 11.1 Å². The molecule has 2 aromatic rings. The van der Waals surface area contributed by atoms with Gasteiger partial charge in [-0.1, -0.05) is 54.1 Å². The molecule has 1 aliphatic heterocycles. The molecule has 1 amide bonds. The average molecular weight is 344 g/mol. The lowest BCUT2D eigenvalue weighted by Crippen LogP contribution is -2.50. The number of hydrogen-bond donors (Lipinski definition) is 0. The fraction of sp³-hybridized carbons (Fsp3) is 0.227. The molecule has 26 heavy (non-hydrogen) atoms. The molecule has 1 heterocycles. The van der Waals surface area contributed by atoms with Gasteiger partial charge in [0.2, 0.25) is 0 Å². The third-order valence-corrected chi connectivity index (χ3v) is 5.38. The second-order valence-corrected chi connectivity index (χ2v) is 6.91. The van der Waals surface area contributed by atoms with Crippen molar-refractivity contribution >= 4 is 23.1 Å². The van der Waals surface area contributed by atoms with Crippen molar-refractivity contribution in [1.29, 1.82) is 0 Å². The van der Waals surface area contributed by atoms with Crippen LogP contribution >= 0.6 is 0 Å². The van der Waals surface area contributed by atoms with Crippen LogP contribution < -0.4 is 5.01 Å². The van der Waals surface area contributed by atoms with Gasteiger partial charge in [0.25, 0.3) is 5.91 Å². The van der Waals surface area contributed by atoms with Crippen molar-refractivity contribution in [3.8, 4) is 0 Å². The number of aryl methyl sites for hydroxylation is 1. The van der Waals surface area contributed by atoms with Gasteiger partial charge in [-0.05, 0) is 44.0 Å². The molecule has 0 aromatic heterocycles. The summed E-state index contributed by atoms with van der Waals surface area (Å²) in [6, 6.07) is 17.3. The maximum atomic E-state index is 13.5. The first-order valence-corrected chi connectivity index (χ1v) is 8.78. The summed E-state index contributed by atoms with van der Waals surface area (Å²) in [5.74, 6) is -0.689. The van der Waals surface area contributed by atoms with Crippen LogP contribution in [0.4, 0.5) is 5.69 Å². The molecule has 4 nitrogen and oxygen atoms in total. The Morgan fingerprint density at radius 3 is 2.38 bits per heavy atom. The number of nitrogens with zero attached hydrogens (tertiary/aromatic N) is 2. The molecule has 0 saturated carbocycles. The molecule has 2 atom stereocenters. The first kappa shape index (κ1) is 16.5. The highest BCUT2D eigenvalue weighted by molar-refractivity contribution is 6.34. The van der Waals surface area contributed by atoms with Gasteiger partial charge in [-0.25, -0.2) is 0 Å². The average Bonchev–Trinajstić information content (AvgIpc) is 2.91. The van der Waals surface area contributed by atoms with Crippen LogP contribution in [0.15, 0.2) is 71.9 Å². The van der Waals surface area contributed by atoms with Crippen LogP contribution in [0.25, 0.3) is 0 Å².